The molecule has 2 aromatic carbocycles. The molecule has 0 unspecified atom stereocenters. The fraction of sp³-hybridized carbons (Fsp3) is 0.350. The third kappa shape index (κ3) is 3.94. The first-order chi connectivity index (χ1) is 11.6. The van der Waals surface area contributed by atoms with Crippen LogP contribution in [-0.4, -0.2) is 12.5 Å². The maximum Gasteiger partial charge on any atom is 0.258 e. The molecule has 0 spiro atoms. The molecule has 0 fully saturated rings. The Morgan fingerprint density at radius 3 is 2.71 bits per heavy atom. The number of hydrogen-bond donors (Lipinski definition) is 1. The molecule has 0 heterocycles. The molecule has 0 radical (unpaired) electrons. The monoisotopic (exact) mass is 327 g/mol. The molecule has 1 aliphatic carbocycles. The molecule has 1 atom stereocenters. The van der Waals surface area contributed by atoms with Gasteiger partial charge in [0.15, 0.2) is 18.2 Å². The van der Waals surface area contributed by atoms with E-state index < -0.39 is 5.82 Å². The van der Waals surface area contributed by atoms with Gasteiger partial charge >= 0.3 is 0 Å². The van der Waals surface area contributed by atoms with Gasteiger partial charge in [0.25, 0.3) is 5.91 Å². The number of amides is 1. The number of benzene rings is 2. The second kappa shape index (κ2) is 7.47. The van der Waals surface area contributed by atoms with E-state index in [1.54, 1.807) is 12.1 Å². The van der Waals surface area contributed by atoms with Crippen molar-refractivity contribution in [3.8, 4) is 5.75 Å². The van der Waals surface area contributed by atoms with Crippen LogP contribution in [0.15, 0.2) is 42.5 Å². The van der Waals surface area contributed by atoms with Gasteiger partial charge in [-0.15, -0.1) is 0 Å². The largest absolute Gasteiger partial charge is 0.481 e. The fourth-order valence-electron chi connectivity index (χ4n) is 3.09. The van der Waals surface area contributed by atoms with Crippen molar-refractivity contribution in [3.05, 3.63) is 65.0 Å². The van der Waals surface area contributed by atoms with Crippen LogP contribution in [0.1, 0.15) is 42.5 Å². The highest BCUT2D eigenvalue weighted by Crippen LogP contribution is 2.24. The van der Waals surface area contributed by atoms with Crippen LogP contribution >= 0.6 is 0 Å². The van der Waals surface area contributed by atoms with Crippen molar-refractivity contribution in [3.63, 3.8) is 0 Å². The van der Waals surface area contributed by atoms with E-state index in [1.165, 1.54) is 36.1 Å². The molecule has 0 saturated carbocycles. The Kier molecular flexibility index (Phi) is 5.14. The zero-order chi connectivity index (χ0) is 16.9. The molecule has 0 saturated heterocycles. The van der Waals surface area contributed by atoms with Gasteiger partial charge in [-0.2, -0.15) is 0 Å². The zero-order valence-corrected chi connectivity index (χ0v) is 13.8. The average Bonchev–Trinajstić information content (AvgIpc) is 2.60. The van der Waals surface area contributed by atoms with Crippen LogP contribution < -0.4 is 10.1 Å². The Hall–Kier alpha value is -2.36. The topological polar surface area (TPSA) is 38.3 Å². The maximum absolute atomic E-state index is 13.5. The fourth-order valence-corrected chi connectivity index (χ4v) is 3.09. The van der Waals surface area contributed by atoms with Gasteiger partial charge in [-0.05, 0) is 61.4 Å². The highest BCUT2D eigenvalue weighted by atomic mass is 19.1. The number of rotatable bonds is 5. The number of hydrogen-bond acceptors (Lipinski definition) is 2. The van der Waals surface area contributed by atoms with E-state index in [2.05, 4.69) is 23.5 Å². The number of halogens is 1. The summed E-state index contributed by atoms with van der Waals surface area (Å²) in [6.07, 6.45) is 4.74. The normalized spacial score (nSPS) is 14.6. The number of ether oxygens (including phenoxy) is 1. The highest BCUT2D eigenvalue weighted by molar-refractivity contribution is 5.78. The van der Waals surface area contributed by atoms with Crippen LogP contribution in [0.5, 0.6) is 5.75 Å². The van der Waals surface area contributed by atoms with Gasteiger partial charge in [-0.3, -0.25) is 4.79 Å². The quantitative estimate of drug-likeness (QED) is 0.903. The Labute approximate surface area is 141 Å². The number of carbonyl (C=O) groups is 1. The van der Waals surface area contributed by atoms with E-state index in [0.29, 0.717) is 0 Å². The first-order valence-electron chi connectivity index (χ1n) is 8.42. The van der Waals surface area contributed by atoms with E-state index >= 15 is 0 Å². The van der Waals surface area contributed by atoms with Gasteiger partial charge in [0.1, 0.15) is 0 Å². The van der Waals surface area contributed by atoms with E-state index in [4.69, 9.17) is 4.74 Å². The summed E-state index contributed by atoms with van der Waals surface area (Å²) in [5, 5.41) is 2.91. The van der Waals surface area contributed by atoms with Crippen molar-refractivity contribution >= 4 is 5.91 Å². The first kappa shape index (κ1) is 16.5. The lowest BCUT2D eigenvalue weighted by molar-refractivity contribution is -0.123. The van der Waals surface area contributed by atoms with Crippen molar-refractivity contribution in [1.82, 2.24) is 5.32 Å². The lowest BCUT2D eigenvalue weighted by Gasteiger charge is -2.20. The Balaban J connectivity index is 1.57. The summed E-state index contributed by atoms with van der Waals surface area (Å²) in [6, 6.07) is 12.4. The molecule has 1 amide bonds. The Bertz CT molecular complexity index is 729. The van der Waals surface area contributed by atoms with Gasteiger partial charge in [-0.25, -0.2) is 4.39 Å². The Morgan fingerprint density at radius 1 is 1.17 bits per heavy atom. The van der Waals surface area contributed by atoms with Crippen molar-refractivity contribution in [2.24, 2.45) is 0 Å². The molecule has 24 heavy (non-hydrogen) atoms. The van der Waals surface area contributed by atoms with Gasteiger partial charge < -0.3 is 10.1 Å². The van der Waals surface area contributed by atoms with Crippen LogP contribution in [0, 0.1) is 5.82 Å². The SMILES string of the molecule is C[C@@H](NC(=O)COc1ccccc1F)c1ccc2c(c1)CCCC2. The van der Waals surface area contributed by atoms with E-state index in [9.17, 15) is 9.18 Å². The lowest BCUT2D eigenvalue weighted by Crippen LogP contribution is -2.31. The maximum atomic E-state index is 13.5. The van der Waals surface area contributed by atoms with Crippen molar-refractivity contribution in [1.29, 1.82) is 0 Å². The third-order valence-corrected chi connectivity index (χ3v) is 4.45. The van der Waals surface area contributed by atoms with Gasteiger partial charge in [-0.1, -0.05) is 30.3 Å². The standard InChI is InChI=1S/C20H22FNO2/c1-14(16-11-10-15-6-2-3-7-17(15)12-16)22-20(23)13-24-19-9-5-4-8-18(19)21/h4-5,8-12,14H,2-3,6-7,13H2,1H3,(H,22,23)/t14-/m1/s1. The molecule has 4 heteroatoms. The van der Waals surface area contributed by atoms with Gasteiger partial charge in [0.05, 0.1) is 6.04 Å². The molecular formula is C20H22FNO2. The van der Waals surface area contributed by atoms with E-state index in [1.807, 2.05) is 6.92 Å². The molecule has 3 nitrogen and oxygen atoms in total. The molecule has 126 valence electrons. The summed E-state index contributed by atoms with van der Waals surface area (Å²) in [5.74, 6) is -0.634. The average molecular weight is 327 g/mol. The molecule has 0 aromatic heterocycles. The number of nitrogens with one attached hydrogen (secondary N) is 1. The minimum Gasteiger partial charge on any atom is -0.481 e. The van der Waals surface area contributed by atoms with Crippen molar-refractivity contribution < 1.29 is 13.9 Å². The summed E-state index contributed by atoms with van der Waals surface area (Å²) in [5.41, 5.74) is 3.91. The second-order valence-electron chi connectivity index (χ2n) is 6.24. The van der Waals surface area contributed by atoms with Gasteiger partial charge in [0.2, 0.25) is 0 Å². The summed E-state index contributed by atoms with van der Waals surface area (Å²) in [6.45, 7) is 1.75. The molecule has 1 N–H and O–H groups in total. The minimum atomic E-state index is -0.465. The summed E-state index contributed by atoms with van der Waals surface area (Å²) < 4.78 is 18.7. The summed E-state index contributed by atoms with van der Waals surface area (Å²) >= 11 is 0. The van der Waals surface area contributed by atoms with Crippen LogP contribution in [0.3, 0.4) is 0 Å². The molecule has 2 aromatic rings. The predicted octanol–water partition coefficient (Wildman–Crippen LogP) is 3.96. The van der Waals surface area contributed by atoms with Crippen LogP contribution in [0.4, 0.5) is 4.39 Å². The number of aryl methyl sites for hydroxylation is 2. The zero-order valence-electron chi connectivity index (χ0n) is 13.8. The molecule has 0 aliphatic heterocycles. The smallest absolute Gasteiger partial charge is 0.258 e. The summed E-state index contributed by atoms with van der Waals surface area (Å²) in [4.78, 5) is 12.0. The van der Waals surface area contributed by atoms with Gasteiger partial charge in [0, 0.05) is 0 Å². The Morgan fingerprint density at radius 2 is 1.92 bits per heavy atom. The highest BCUT2D eigenvalue weighted by Gasteiger charge is 2.14. The molecule has 3 rings (SSSR count). The predicted molar refractivity (Wildman–Crippen MR) is 91.5 cm³/mol. The molecular weight excluding hydrogens is 305 g/mol. The second-order valence-corrected chi connectivity index (χ2v) is 6.24. The van der Waals surface area contributed by atoms with Crippen LogP contribution in [-0.2, 0) is 17.6 Å². The summed E-state index contributed by atoms with van der Waals surface area (Å²) in [7, 11) is 0. The van der Waals surface area contributed by atoms with Crippen LogP contribution in [0.25, 0.3) is 0 Å². The van der Waals surface area contributed by atoms with Crippen LogP contribution in [0.2, 0.25) is 0 Å². The lowest BCUT2D eigenvalue weighted by atomic mass is 9.89. The first-order valence-corrected chi connectivity index (χ1v) is 8.42. The molecule has 1 aliphatic rings. The third-order valence-electron chi connectivity index (χ3n) is 4.45. The molecule has 0 bridgehead atoms. The minimum absolute atomic E-state index is 0.0917. The number of carbonyl (C=O) groups excluding carboxylic acids is 1. The van der Waals surface area contributed by atoms with E-state index in [0.717, 1.165) is 18.4 Å². The number of para-hydroxylation sites is 1. The van der Waals surface area contributed by atoms with Crippen molar-refractivity contribution in [2.45, 2.75) is 38.6 Å². The van der Waals surface area contributed by atoms with Crippen molar-refractivity contribution in [2.75, 3.05) is 6.61 Å². The van der Waals surface area contributed by atoms with E-state index in [-0.39, 0.29) is 24.3 Å². The number of fused-ring (bicyclic) bond motifs is 1.